The minimum atomic E-state index is -0.00797. The monoisotopic (exact) mass is 437 g/mol. The van der Waals surface area contributed by atoms with Gasteiger partial charge in [0.25, 0.3) is 0 Å². The molecule has 0 spiro atoms. The van der Waals surface area contributed by atoms with Crippen LogP contribution in [0.1, 0.15) is 30.8 Å². The van der Waals surface area contributed by atoms with Gasteiger partial charge in [0.1, 0.15) is 0 Å². The van der Waals surface area contributed by atoms with E-state index in [2.05, 4.69) is 65.0 Å². The van der Waals surface area contributed by atoms with Crippen LogP contribution in [0.25, 0.3) is 10.9 Å². The maximum Gasteiger partial charge on any atom is 0.228 e. The first-order valence-corrected chi connectivity index (χ1v) is 11.6. The highest BCUT2D eigenvalue weighted by Crippen LogP contribution is 2.22. The first-order valence-electron chi connectivity index (χ1n) is 11.6. The summed E-state index contributed by atoms with van der Waals surface area (Å²) in [6.45, 7) is 14.9. The summed E-state index contributed by atoms with van der Waals surface area (Å²) in [6, 6.07) is 8.27. The molecule has 0 bridgehead atoms. The molecule has 1 fully saturated rings. The van der Waals surface area contributed by atoms with Gasteiger partial charge in [0.15, 0.2) is 0 Å². The third-order valence-corrected chi connectivity index (χ3v) is 6.22. The van der Waals surface area contributed by atoms with Crippen molar-refractivity contribution in [3.8, 4) is 0 Å². The zero-order valence-electron chi connectivity index (χ0n) is 19.7. The van der Waals surface area contributed by atoms with E-state index in [9.17, 15) is 4.79 Å². The average molecular weight is 438 g/mol. The second-order valence-corrected chi connectivity index (χ2v) is 9.19. The summed E-state index contributed by atoms with van der Waals surface area (Å²) >= 11 is 0. The Kier molecular flexibility index (Phi) is 6.96. The van der Waals surface area contributed by atoms with Gasteiger partial charge in [-0.25, -0.2) is 0 Å². The van der Waals surface area contributed by atoms with Crippen molar-refractivity contribution in [3.05, 3.63) is 47.4 Å². The molecule has 1 aliphatic rings. The largest absolute Gasteiger partial charge is 0.379 e. The van der Waals surface area contributed by atoms with Gasteiger partial charge in [0, 0.05) is 66.8 Å². The number of hydrogen-bond acceptors (Lipinski definition) is 4. The van der Waals surface area contributed by atoms with Crippen LogP contribution in [0.5, 0.6) is 0 Å². The van der Waals surface area contributed by atoms with E-state index < -0.39 is 0 Å². The van der Waals surface area contributed by atoms with E-state index in [0.717, 1.165) is 74.0 Å². The van der Waals surface area contributed by atoms with Gasteiger partial charge in [-0.1, -0.05) is 13.8 Å². The van der Waals surface area contributed by atoms with Crippen LogP contribution < -0.4 is 5.32 Å². The molecule has 3 aromatic rings. The van der Waals surface area contributed by atoms with Gasteiger partial charge >= 0.3 is 0 Å². The summed E-state index contributed by atoms with van der Waals surface area (Å²) in [6.07, 6.45) is 2.47. The second-order valence-electron chi connectivity index (χ2n) is 9.19. The molecule has 1 N–H and O–H groups in total. The Morgan fingerprint density at radius 2 is 1.94 bits per heavy atom. The van der Waals surface area contributed by atoms with Crippen molar-refractivity contribution in [2.75, 3.05) is 38.2 Å². The Morgan fingerprint density at radius 3 is 2.69 bits per heavy atom. The van der Waals surface area contributed by atoms with Crippen molar-refractivity contribution in [1.29, 1.82) is 0 Å². The number of anilines is 1. The van der Waals surface area contributed by atoms with Crippen molar-refractivity contribution in [3.63, 3.8) is 0 Å². The summed E-state index contributed by atoms with van der Waals surface area (Å²) in [4.78, 5) is 15.2. The summed E-state index contributed by atoms with van der Waals surface area (Å²) in [7, 11) is 0. The molecule has 0 radical (unpaired) electrons. The predicted molar refractivity (Wildman–Crippen MR) is 128 cm³/mol. The van der Waals surface area contributed by atoms with Crippen molar-refractivity contribution in [1.82, 2.24) is 19.2 Å². The molecule has 0 unspecified atom stereocenters. The fraction of sp³-hybridized carbons (Fsp3) is 0.520. The first kappa shape index (κ1) is 22.6. The average Bonchev–Trinajstić information content (AvgIpc) is 3.28. The normalized spacial score (nSPS) is 15.0. The topological polar surface area (TPSA) is 64.3 Å². The van der Waals surface area contributed by atoms with Gasteiger partial charge in [0.05, 0.1) is 25.3 Å². The summed E-state index contributed by atoms with van der Waals surface area (Å²) < 4.78 is 9.74. The van der Waals surface area contributed by atoms with Crippen molar-refractivity contribution >= 4 is 22.5 Å². The summed E-state index contributed by atoms with van der Waals surface area (Å²) in [5.74, 6) is 0.508. The van der Waals surface area contributed by atoms with Crippen LogP contribution in [0, 0.1) is 19.8 Å². The third kappa shape index (κ3) is 5.22. The number of benzene rings is 1. The van der Waals surface area contributed by atoms with Gasteiger partial charge in [0.2, 0.25) is 5.91 Å². The molecule has 172 valence electrons. The van der Waals surface area contributed by atoms with E-state index in [1.807, 2.05) is 17.7 Å². The van der Waals surface area contributed by atoms with E-state index in [1.54, 1.807) is 0 Å². The molecule has 2 aromatic heterocycles. The summed E-state index contributed by atoms with van der Waals surface area (Å²) in [5, 5.41) is 8.84. The first-order chi connectivity index (χ1) is 15.4. The highest BCUT2D eigenvalue weighted by Gasteiger charge is 2.16. The lowest BCUT2D eigenvalue weighted by Gasteiger charge is -2.26. The molecule has 1 aliphatic heterocycles. The van der Waals surface area contributed by atoms with Crippen LogP contribution in [-0.2, 0) is 29.0 Å². The molecule has 0 atom stereocenters. The number of fused-ring (bicyclic) bond motifs is 1. The third-order valence-electron chi connectivity index (χ3n) is 6.22. The summed E-state index contributed by atoms with van der Waals surface area (Å²) in [5.41, 5.74) is 5.07. The lowest BCUT2D eigenvalue weighted by molar-refractivity contribution is -0.115. The number of carbonyl (C=O) groups excluding carboxylic acids is 1. The smallest absolute Gasteiger partial charge is 0.228 e. The van der Waals surface area contributed by atoms with Crippen molar-refractivity contribution in [2.45, 2.75) is 47.2 Å². The zero-order chi connectivity index (χ0) is 22.7. The van der Waals surface area contributed by atoms with E-state index in [0.29, 0.717) is 12.3 Å². The Bertz CT molecular complexity index is 1080. The van der Waals surface area contributed by atoms with Crippen molar-refractivity contribution < 1.29 is 9.53 Å². The Labute approximate surface area is 190 Å². The molecule has 0 aliphatic carbocycles. The Hall–Kier alpha value is -2.64. The van der Waals surface area contributed by atoms with Crippen LogP contribution >= 0.6 is 0 Å². The quantitative estimate of drug-likeness (QED) is 0.585. The predicted octanol–water partition coefficient (Wildman–Crippen LogP) is 3.62. The van der Waals surface area contributed by atoms with Gasteiger partial charge in [-0.05, 0) is 44.0 Å². The van der Waals surface area contributed by atoms with Gasteiger partial charge in [-0.15, -0.1) is 0 Å². The SMILES string of the molecule is Cc1nn(CC(C)C)c(C)c1CC(=O)Nc1ccc2c(ccn2CCN2CCOCC2)c1. The molecule has 4 rings (SSSR count). The number of carbonyl (C=O) groups is 1. The maximum atomic E-state index is 12.8. The van der Waals surface area contributed by atoms with Gasteiger partial charge in [-0.3, -0.25) is 14.4 Å². The van der Waals surface area contributed by atoms with E-state index in [4.69, 9.17) is 4.74 Å². The van der Waals surface area contributed by atoms with Crippen LogP contribution in [0.4, 0.5) is 5.69 Å². The zero-order valence-corrected chi connectivity index (χ0v) is 19.7. The molecule has 1 saturated heterocycles. The molecule has 3 heterocycles. The van der Waals surface area contributed by atoms with Crippen molar-refractivity contribution in [2.24, 2.45) is 5.92 Å². The van der Waals surface area contributed by atoms with Gasteiger partial charge in [-0.2, -0.15) is 5.10 Å². The Morgan fingerprint density at radius 1 is 1.16 bits per heavy atom. The maximum absolute atomic E-state index is 12.8. The number of morpholine rings is 1. The lowest BCUT2D eigenvalue weighted by Crippen LogP contribution is -2.38. The number of hydrogen-bond donors (Lipinski definition) is 1. The molecular weight excluding hydrogens is 402 g/mol. The molecular formula is C25H35N5O2. The second kappa shape index (κ2) is 9.88. The minimum Gasteiger partial charge on any atom is -0.379 e. The van der Waals surface area contributed by atoms with E-state index in [1.165, 1.54) is 5.52 Å². The van der Waals surface area contributed by atoms with E-state index >= 15 is 0 Å². The number of ether oxygens (including phenoxy) is 1. The molecule has 0 saturated carbocycles. The molecule has 1 amide bonds. The van der Waals surface area contributed by atoms with Crippen LogP contribution in [0.15, 0.2) is 30.5 Å². The fourth-order valence-electron chi connectivity index (χ4n) is 4.43. The highest BCUT2D eigenvalue weighted by molar-refractivity contribution is 5.95. The van der Waals surface area contributed by atoms with Crippen LogP contribution in [0.3, 0.4) is 0 Å². The standard InChI is InChI=1S/C25H35N5O2/c1-18(2)17-30-20(4)23(19(3)27-30)16-25(31)26-22-5-6-24-21(15-22)7-8-29(24)10-9-28-11-13-32-14-12-28/h5-8,15,18H,9-14,16-17H2,1-4H3,(H,26,31). The number of nitrogens with zero attached hydrogens (tertiary/aromatic N) is 4. The number of aryl methyl sites for hydroxylation is 1. The number of rotatable bonds is 8. The van der Waals surface area contributed by atoms with Gasteiger partial charge < -0.3 is 14.6 Å². The fourth-order valence-corrected chi connectivity index (χ4v) is 4.43. The molecule has 32 heavy (non-hydrogen) atoms. The lowest BCUT2D eigenvalue weighted by atomic mass is 10.1. The highest BCUT2D eigenvalue weighted by atomic mass is 16.5. The number of amides is 1. The molecule has 7 heteroatoms. The molecule has 7 nitrogen and oxygen atoms in total. The Balaban J connectivity index is 1.39. The number of nitrogens with one attached hydrogen (secondary N) is 1. The van der Waals surface area contributed by atoms with E-state index in [-0.39, 0.29) is 5.91 Å². The molecule has 1 aromatic carbocycles. The van der Waals surface area contributed by atoms with Crippen LogP contribution in [0.2, 0.25) is 0 Å². The van der Waals surface area contributed by atoms with Crippen LogP contribution in [-0.4, -0.2) is 58.0 Å². The number of aromatic nitrogens is 3. The minimum absolute atomic E-state index is 0.00797.